The molecule has 2 rings (SSSR count). The number of aliphatic imine (C=N–C) groups is 1. The second-order valence-corrected chi connectivity index (χ2v) is 6.15. The molecule has 0 fully saturated rings. The van der Waals surface area contributed by atoms with Crippen LogP contribution in [-0.2, 0) is 4.79 Å². The molecule has 25 heavy (non-hydrogen) atoms. The van der Waals surface area contributed by atoms with Crippen LogP contribution in [-0.4, -0.2) is 18.1 Å². The Kier molecular flexibility index (Phi) is 6.45. The van der Waals surface area contributed by atoms with Gasteiger partial charge in [0.25, 0.3) is 0 Å². The molecule has 3 nitrogen and oxygen atoms in total. The van der Waals surface area contributed by atoms with Crippen molar-refractivity contribution in [3.8, 4) is 5.75 Å². The highest BCUT2D eigenvalue weighted by Crippen LogP contribution is 2.26. The van der Waals surface area contributed by atoms with Gasteiger partial charge >= 0.3 is 0 Å². The fourth-order valence-corrected chi connectivity index (χ4v) is 2.44. The Morgan fingerprint density at radius 1 is 1.20 bits per heavy atom. The van der Waals surface area contributed by atoms with Crippen molar-refractivity contribution in [1.82, 2.24) is 0 Å². The Hall–Kier alpha value is -2.49. The molecule has 4 heteroatoms. The summed E-state index contributed by atoms with van der Waals surface area (Å²) in [5.74, 6) is 0.0376. The summed E-state index contributed by atoms with van der Waals surface area (Å²) in [6, 6.07) is 4.83. The summed E-state index contributed by atoms with van der Waals surface area (Å²) in [4.78, 5) is 15.5. The highest BCUT2D eigenvalue weighted by Gasteiger charge is 2.10. The Balaban J connectivity index is 2.15. The number of carbonyl (C=O) groups is 1. The van der Waals surface area contributed by atoms with Gasteiger partial charge in [0.2, 0.25) is 0 Å². The quantitative estimate of drug-likeness (QED) is 0.660. The van der Waals surface area contributed by atoms with Crippen LogP contribution in [0.1, 0.15) is 46.1 Å². The number of hydrogen-bond donors (Lipinski definition) is 0. The lowest BCUT2D eigenvalue weighted by molar-refractivity contribution is -0.111. The van der Waals surface area contributed by atoms with Gasteiger partial charge in [0.05, 0.1) is 5.71 Å². The van der Waals surface area contributed by atoms with Crippen molar-refractivity contribution >= 4 is 17.1 Å². The number of allylic oxidation sites excluding steroid dienone is 4. The van der Waals surface area contributed by atoms with Crippen LogP contribution < -0.4 is 4.74 Å². The van der Waals surface area contributed by atoms with Crippen LogP contribution in [0.25, 0.3) is 5.57 Å². The Bertz CT molecular complexity index is 785. The predicted octanol–water partition coefficient (Wildman–Crippen LogP) is 5.28. The topological polar surface area (TPSA) is 38.7 Å². The lowest BCUT2D eigenvalue weighted by Gasteiger charge is -2.12. The predicted molar refractivity (Wildman–Crippen MR) is 100 cm³/mol. The standard InChI is InChI=1S/C21H24FNO2/c1-14(15(2)23-16(3)17(4)24)20-11-10-19(12-21(20)22)25-13-18-8-6-5-7-9-18/h6,8-12H,5,7,13H2,1-4H3/b15-14+,23-16?. The first-order chi connectivity index (χ1) is 11.9. The van der Waals surface area contributed by atoms with E-state index in [2.05, 4.69) is 17.1 Å². The van der Waals surface area contributed by atoms with E-state index < -0.39 is 0 Å². The number of halogens is 1. The molecular weight excluding hydrogens is 317 g/mol. The van der Waals surface area contributed by atoms with Gasteiger partial charge in [0, 0.05) is 24.3 Å². The van der Waals surface area contributed by atoms with Gasteiger partial charge < -0.3 is 4.74 Å². The monoisotopic (exact) mass is 341 g/mol. The van der Waals surface area contributed by atoms with Crippen molar-refractivity contribution in [3.63, 3.8) is 0 Å². The summed E-state index contributed by atoms with van der Waals surface area (Å²) in [5, 5.41) is 0. The van der Waals surface area contributed by atoms with E-state index in [0.29, 0.717) is 34.9 Å². The van der Waals surface area contributed by atoms with E-state index in [1.807, 2.05) is 6.08 Å². The molecule has 1 aliphatic rings. The molecule has 0 saturated carbocycles. The minimum atomic E-state index is -0.363. The number of Topliss-reactive ketones (excluding diaryl/α,β-unsaturated/α-hetero) is 1. The van der Waals surface area contributed by atoms with E-state index in [9.17, 15) is 9.18 Å². The molecule has 0 aliphatic heterocycles. The second kappa shape index (κ2) is 8.56. The van der Waals surface area contributed by atoms with Crippen LogP contribution in [0.15, 0.2) is 52.7 Å². The largest absolute Gasteiger partial charge is 0.489 e. The van der Waals surface area contributed by atoms with E-state index in [-0.39, 0.29) is 11.6 Å². The van der Waals surface area contributed by atoms with E-state index >= 15 is 0 Å². The third kappa shape index (κ3) is 5.24. The SMILES string of the molecule is CC(=O)C(C)=N/C(C)=C(\C)c1ccc(OCC2=CCCC=C2)cc1F. The average Bonchev–Trinajstić information content (AvgIpc) is 2.60. The van der Waals surface area contributed by atoms with Crippen molar-refractivity contribution in [2.24, 2.45) is 4.99 Å². The van der Waals surface area contributed by atoms with Crippen LogP contribution in [0.2, 0.25) is 0 Å². The second-order valence-electron chi connectivity index (χ2n) is 6.15. The molecular formula is C21H24FNO2. The van der Waals surface area contributed by atoms with Crippen LogP contribution >= 0.6 is 0 Å². The Morgan fingerprint density at radius 3 is 2.56 bits per heavy atom. The zero-order valence-corrected chi connectivity index (χ0v) is 15.2. The summed E-state index contributed by atoms with van der Waals surface area (Å²) in [6.07, 6.45) is 8.37. The molecule has 0 bridgehead atoms. The third-order valence-corrected chi connectivity index (χ3v) is 4.21. The highest BCUT2D eigenvalue weighted by molar-refractivity contribution is 6.38. The van der Waals surface area contributed by atoms with Crippen LogP contribution in [0, 0.1) is 5.82 Å². The summed E-state index contributed by atoms with van der Waals surface area (Å²) < 4.78 is 20.1. The molecule has 0 saturated heterocycles. The van der Waals surface area contributed by atoms with Gasteiger partial charge in [-0.1, -0.05) is 18.2 Å². The molecule has 0 N–H and O–H groups in total. The van der Waals surface area contributed by atoms with Crippen molar-refractivity contribution < 1.29 is 13.9 Å². The van der Waals surface area contributed by atoms with Gasteiger partial charge in [-0.25, -0.2) is 4.39 Å². The maximum Gasteiger partial charge on any atom is 0.173 e. The van der Waals surface area contributed by atoms with Gasteiger partial charge in [0.15, 0.2) is 5.78 Å². The molecule has 1 aromatic rings. The number of hydrogen-bond acceptors (Lipinski definition) is 3. The van der Waals surface area contributed by atoms with Gasteiger partial charge in [-0.2, -0.15) is 0 Å². The zero-order chi connectivity index (χ0) is 18.4. The molecule has 0 amide bonds. The first-order valence-corrected chi connectivity index (χ1v) is 8.40. The summed E-state index contributed by atoms with van der Waals surface area (Å²) in [6.45, 7) is 7.12. The first kappa shape index (κ1) is 18.8. The van der Waals surface area contributed by atoms with E-state index in [0.717, 1.165) is 18.4 Å². The lowest BCUT2D eigenvalue weighted by atomic mass is 10.0. The minimum Gasteiger partial charge on any atom is -0.489 e. The van der Waals surface area contributed by atoms with Crippen LogP contribution in [0.3, 0.4) is 0 Å². The summed E-state index contributed by atoms with van der Waals surface area (Å²) >= 11 is 0. The fraction of sp³-hybridized carbons (Fsp3) is 0.333. The normalized spacial score (nSPS) is 15.6. The minimum absolute atomic E-state index is 0.0950. The Morgan fingerprint density at radius 2 is 1.96 bits per heavy atom. The van der Waals surface area contributed by atoms with Crippen LogP contribution in [0.4, 0.5) is 4.39 Å². The van der Waals surface area contributed by atoms with Gasteiger partial charge in [-0.3, -0.25) is 9.79 Å². The van der Waals surface area contributed by atoms with Crippen LogP contribution in [0.5, 0.6) is 5.75 Å². The van der Waals surface area contributed by atoms with E-state index in [1.165, 1.54) is 13.0 Å². The maximum atomic E-state index is 14.5. The molecule has 0 radical (unpaired) electrons. The number of ketones is 1. The summed E-state index contributed by atoms with van der Waals surface area (Å²) in [5.41, 5.74) is 3.30. The molecule has 0 spiro atoms. The van der Waals surface area contributed by atoms with Crippen molar-refractivity contribution in [1.29, 1.82) is 0 Å². The van der Waals surface area contributed by atoms with Gasteiger partial charge in [-0.05, 0) is 56.9 Å². The smallest absolute Gasteiger partial charge is 0.173 e. The van der Waals surface area contributed by atoms with Crippen molar-refractivity contribution in [2.75, 3.05) is 6.61 Å². The Labute approximate surface area is 148 Å². The average molecular weight is 341 g/mol. The van der Waals surface area contributed by atoms with Gasteiger partial charge in [-0.15, -0.1) is 0 Å². The number of carbonyl (C=O) groups excluding carboxylic acids is 1. The van der Waals surface area contributed by atoms with Crippen molar-refractivity contribution in [2.45, 2.75) is 40.5 Å². The zero-order valence-electron chi connectivity index (χ0n) is 15.2. The van der Waals surface area contributed by atoms with Gasteiger partial charge in [0.1, 0.15) is 18.2 Å². The van der Waals surface area contributed by atoms with E-state index in [1.54, 1.807) is 32.9 Å². The molecule has 132 valence electrons. The molecule has 1 aliphatic carbocycles. The highest BCUT2D eigenvalue weighted by atomic mass is 19.1. The molecule has 0 unspecified atom stereocenters. The van der Waals surface area contributed by atoms with E-state index in [4.69, 9.17) is 4.74 Å². The first-order valence-electron chi connectivity index (χ1n) is 8.40. The fourth-order valence-electron chi connectivity index (χ4n) is 2.44. The molecule has 0 atom stereocenters. The lowest BCUT2D eigenvalue weighted by Crippen LogP contribution is -2.04. The number of nitrogens with zero attached hydrogens (tertiary/aromatic N) is 1. The molecule has 0 aromatic heterocycles. The number of rotatable bonds is 6. The third-order valence-electron chi connectivity index (χ3n) is 4.21. The molecule has 0 heterocycles. The maximum absolute atomic E-state index is 14.5. The number of benzene rings is 1. The number of ether oxygens (including phenoxy) is 1. The molecule has 1 aromatic carbocycles. The summed E-state index contributed by atoms with van der Waals surface area (Å²) in [7, 11) is 0. The van der Waals surface area contributed by atoms with Crippen molar-refractivity contribution in [3.05, 3.63) is 59.1 Å².